The SMILES string of the molecule is C/C=C1/C(=O)c2ccc(I)cc2NC(=O)[C@@H]1C.C[C@H]1C(=O)Nc2cc(Cl)ccc2-c2nc(Nc3ccc(C(=O)O)cc3)ncc21.NC(N)=Nc1ccc(C(=O)O)cc1. The summed E-state index contributed by atoms with van der Waals surface area (Å²) in [5.41, 5.74) is 16.3. The van der Waals surface area contributed by atoms with E-state index in [0.717, 1.165) is 9.13 Å². The van der Waals surface area contributed by atoms with Crippen molar-refractivity contribution in [3.8, 4) is 11.3 Å². The van der Waals surface area contributed by atoms with E-state index in [9.17, 15) is 24.0 Å². The summed E-state index contributed by atoms with van der Waals surface area (Å²) >= 11 is 8.23. The van der Waals surface area contributed by atoms with E-state index in [-0.39, 0.29) is 34.7 Å². The highest BCUT2D eigenvalue weighted by Gasteiger charge is 2.30. The Morgan fingerprint density at radius 1 is 0.828 bits per heavy atom. The van der Waals surface area contributed by atoms with Gasteiger partial charge in [0.2, 0.25) is 17.8 Å². The number of benzene rings is 4. The molecule has 0 spiro atoms. The van der Waals surface area contributed by atoms with Crippen LogP contribution in [0, 0.1) is 9.49 Å². The lowest BCUT2D eigenvalue weighted by Gasteiger charge is -2.12. The van der Waals surface area contributed by atoms with Crippen molar-refractivity contribution in [2.24, 2.45) is 22.4 Å². The van der Waals surface area contributed by atoms with Crippen LogP contribution in [-0.4, -0.2) is 55.7 Å². The number of aromatic carboxylic acids is 2. The fraction of sp³-hybridized carbons (Fsp3) is 0.122. The van der Waals surface area contributed by atoms with E-state index >= 15 is 0 Å². The lowest BCUT2D eigenvalue weighted by Crippen LogP contribution is -2.21. The number of allylic oxidation sites excluding steroid dienone is 1. The number of aliphatic imine (C=N–C) groups is 1. The van der Waals surface area contributed by atoms with Gasteiger partial charge in [0.1, 0.15) is 0 Å². The van der Waals surface area contributed by atoms with Crippen molar-refractivity contribution in [2.45, 2.75) is 26.7 Å². The van der Waals surface area contributed by atoms with Crippen molar-refractivity contribution in [1.29, 1.82) is 0 Å². The molecule has 15 nitrogen and oxygen atoms in total. The van der Waals surface area contributed by atoms with Crippen LogP contribution in [0.4, 0.5) is 28.7 Å². The van der Waals surface area contributed by atoms with Gasteiger partial charge in [0.05, 0.1) is 45.7 Å². The van der Waals surface area contributed by atoms with Gasteiger partial charge in [-0.15, -0.1) is 0 Å². The van der Waals surface area contributed by atoms with Gasteiger partial charge in [-0.1, -0.05) is 17.7 Å². The first-order chi connectivity index (χ1) is 27.6. The number of carboxylic acids is 2. The molecule has 2 aliphatic rings. The van der Waals surface area contributed by atoms with Crippen molar-refractivity contribution in [2.75, 3.05) is 16.0 Å². The Balaban J connectivity index is 0.000000182. The van der Waals surface area contributed by atoms with E-state index in [2.05, 4.69) is 53.5 Å². The summed E-state index contributed by atoms with van der Waals surface area (Å²) in [5.74, 6) is -2.87. The smallest absolute Gasteiger partial charge is 0.335 e. The number of ketones is 1. The standard InChI is InChI=1S/C20H15ClN4O3.C13H12INO2.C8H9N3O2/c1-10-15-9-22-20(23-13-5-2-11(3-6-13)19(27)28)25-17(15)14-7-4-12(21)8-16(14)24-18(10)26;1-3-9-7(2)13(17)15-11-6-8(14)4-5-10(11)12(9)16;9-8(10)11-6-3-1-5(2-4-6)7(12)13/h2-10H,1H3,(H,24,26)(H,27,28)(H,22,23,25);3-7H,1-2H3,(H,15,17);1-4H,(H,12,13)(H4,9,10,11)/b;9-3+;/t10-;7-;/m11./s1. The normalized spacial score (nSPS) is 15.8. The van der Waals surface area contributed by atoms with Crippen LogP contribution in [0.1, 0.15) is 63.3 Å². The minimum absolute atomic E-state index is 0.0527. The van der Waals surface area contributed by atoms with Gasteiger partial charge in [0.15, 0.2) is 11.7 Å². The van der Waals surface area contributed by atoms with Crippen molar-refractivity contribution in [3.63, 3.8) is 0 Å². The number of fused-ring (bicyclic) bond motifs is 4. The average molecular weight is 915 g/mol. The highest BCUT2D eigenvalue weighted by molar-refractivity contribution is 14.1. The molecule has 5 aromatic rings. The van der Waals surface area contributed by atoms with Gasteiger partial charge >= 0.3 is 11.9 Å². The summed E-state index contributed by atoms with van der Waals surface area (Å²) in [4.78, 5) is 70.7. The molecule has 2 atom stereocenters. The Hall–Kier alpha value is -6.66. The van der Waals surface area contributed by atoms with E-state index < -0.39 is 23.8 Å². The van der Waals surface area contributed by atoms with Crippen molar-refractivity contribution in [3.05, 3.63) is 134 Å². The molecule has 1 aromatic heterocycles. The van der Waals surface area contributed by atoms with Gasteiger partial charge in [-0.25, -0.2) is 24.5 Å². The fourth-order valence-corrected chi connectivity index (χ4v) is 6.44. The fourth-order valence-electron chi connectivity index (χ4n) is 5.78. The number of Topliss-reactive ketones (excluding diaryl/α,β-unsaturated/α-hetero) is 1. The minimum Gasteiger partial charge on any atom is -0.478 e. The molecular formula is C41H36ClIN8O7. The molecule has 0 radical (unpaired) electrons. The molecule has 7 rings (SSSR count). The average Bonchev–Trinajstić information content (AvgIpc) is 3.34. The molecule has 0 fully saturated rings. The first kappa shape index (κ1) is 42.5. The van der Waals surface area contributed by atoms with Crippen molar-refractivity contribution < 1.29 is 34.2 Å². The third kappa shape index (κ3) is 10.2. The zero-order valence-corrected chi connectivity index (χ0v) is 34.0. The molecule has 58 heavy (non-hydrogen) atoms. The van der Waals surface area contributed by atoms with Gasteiger partial charge < -0.3 is 37.6 Å². The molecule has 0 saturated heterocycles. The van der Waals surface area contributed by atoms with E-state index in [0.29, 0.717) is 56.1 Å². The van der Waals surface area contributed by atoms with Crippen LogP contribution in [0.15, 0.2) is 108 Å². The topological polar surface area (TPSA) is 252 Å². The molecule has 17 heteroatoms. The van der Waals surface area contributed by atoms with Crippen LogP contribution in [0.25, 0.3) is 11.3 Å². The molecule has 2 amide bonds. The van der Waals surface area contributed by atoms with Crippen LogP contribution in [-0.2, 0) is 9.59 Å². The van der Waals surface area contributed by atoms with Gasteiger partial charge in [-0.2, -0.15) is 0 Å². The Morgan fingerprint density at radius 2 is 1.40 bits per heavy atom. The number of halogens is 2. The predicted molar refractivity (Wildman–Crippen MR) is 230 cm³/mol. The summed E-state index contributed by atoms with van der Waals surface area (Å²) in [5, 5.41) is 26.8. The number of carbonyl (C=O) groups is 5. The molecule has 2 aliphatic heterocycles. The van der Waals surface area contributed by atoms with Crippen LogP contribution in [0.3, 0.4) is 0 Å². The van der Waals surface area contributed by atoms with Crippen LogP contribution in [0.2, 0.25) is 5.02 Å². The van der Waals surface area contributed by atoms with Crippen LogP contribution < -0.4 is 27.4 Å². The molecule has 0 saturated carbocycles. The summed E-state index contributed by atoms with van der Waals surface area (Å²) in [6, 6.07) is 22.9. The first-order valence-corrected chi connectivity index (χ1v) is 18.8. The van der Waals surface area contributed by atoms with Crippen molar-refractivity contribution >= 4 is 98.4 Å². The number of nitrogens with two attached hydrogens (primary N) is 2. The quantitative estimate of drug-likeness (QED) is 0.0390. The minimum atomic E-state index is -0.991. The Kier molecular flexibility index (Phi) is 13.6. The number of carboxylic acid groups (broad SMARTS) is 2. The van der Waals surface area contributed by atoms with Gasteiger partial charge in [-0.3, -0.25) is 14.4 Å². The Morgan fingerprint density at radius 3 is 1.98 bits per heavy atom. The van der Waals surface area contributed by atoms with Gasteiger partial charge in [0, 0.05) is 42.7 Å². The molecule has 4 aromatic carbocycles. The second-order valence-corrected chi connectivity index (χ2v) is 14.5. The second kappa shape index (κ2) is 18.5. The largest absolute Gasteiger partial charge is 0.478 e. The molecule has 0 unspecified atom stereocenters. The molecule has 0 bridgehead atoms. The molecule has 9 N–H and O–H groups in total. The number of amides is 2. The number of hydrogen-bond acceptors (Lipinski definition) is 9. The Bertz CT molecular complexity index is 2490. The summed E-state index contributed by atoms with van der Waals surface area (Å²) < 4.78 is 0.992. The highest BCUT2D eigenvalue weighted by Crippen LogP contribution is 2.38. The van der Waals surface area contributed by atoms with Crippen molar-refractivity contribution in [1.82, 2.24) is 9.97 Å². The Labute approximate surface area is 350 Å². The summed E-state index contributed by atoms with van der Waals surface area (Å²) in [7, 11) is 0. The first-order valence-electron chi connectivity index (χ1n) is 17.4. The molecule has 3 heterocycles. The zero-order chi connectivity index (χ0) is 42.3. The predicted octanol–water partition coefficient (Wildman–Crippen LogP) is 7.59. The number of hydrogen-bond donors (Lipinski definition) is 7. The maximum atomic E-state index is 12.4. The summed E-state index contributed by atoms with van der Waals surface area (Å²) in [6.45, 7) is 5.33. The number of aromatic nitrogens is 2. The lowest BCUT2D eigenvalue weighted by atomic mass is 9.94. The number of guanidine groups is 1. The zero-order valence-electron chi connectivity index (χ0n) is 31.1. The third-order valence-corrected chi connectivity index (χ3v) is 9.76. The van der Waals surface area contributed by atoms with Gasteiger partial charge in [-0.05, 0) is 128 Å². The third-order valence-electron chi connectivity index (χ3n) is 8.85. The van der Waals surface area contributed by atoms with Crippen LogP contribution >= 0.6 is 34.2 Å². The number of rotatable bonds is 5. The van der Waals surface area contributed by atoms with Gasteiger partial charge in [0.25, 0.3) is 0 Å². The van der Waals surface area contributed by atoms with Crippen LogP contribution in [0.5, 0.6) is 0 Å². The number of nitrogens with one attached hydrogen (secondary N) is 3. The highest BCUT2D eigenvalue weighted by atomic mass is 127. The monoisotopic (exact) mass is 914 g/mol. The number of nitrogens with zero attached hydrogens (tertiary/aromatic N) is 3. The molecule has 296 valence electrons. The van der Waals surface area contributed by atoms with E-state index in [4.69, 9.17) is 33.3 Å². The lowest BCUT2D eigenvalue weighted by molar-refractivity contribution is -0.118. The van der Waals surface area contributed by atoms with E-state index in [1.165, 1.54) is 36.4 Å². The maximum Gasteiger partial charge on any atom is 0.335 e. The molecular weight excluding hydrogens is 879 g/mol. The van der Waals surface area contributed by atoms with E-state index in [1.807, 2.05) is 18.2 Å². The van der Waals surface area contributed by atoms with E-state index in [1.54, 1.807) is 63.4 Å². The second-order valence-electron chi connectivity index (χ2n) is 12.8. The summed E-state index contributed by atoms with van der Waals surface area (Å²) in [6.07, 6.45) is 3.35. The molecule has 0 aliphatic carbocycles. The number of anilines is 4. The maximum absolute atomic E-state index is 12.4. The number of carbonyl (C=O) groups excluding carboxylic acids is 3.